The summed E-state index contributed by atoms with van der Waals surface area (Å²) >= 11 is 0. The Morgan fingerprint density at radius 3 is 2.77 bits per heavy atom. The van der Waals surface area contributed by atoms with Gasteiger partial charge in [-0.3, -0.25) is 14.7 Å². The van der Waals surface area contributed by atoms with Crippen molar-refractivity contribution in [2.75, 3.05) is 31.6 Å². The van der Waals surface area contributed by atoms with Crippen LogP contribution >= 0.6 is 0 Å². The average Bonchev–Trinajstić information content (AvgIpc) is 2.85. The second-order valence-electron chi connectivity index (χ2n) is 5.78. The monoisotopic (exact) mass is 325 g/mol. The molecule has 1 aliphatic rings. The van der Waals surface area contributed by atoms with Crippen molar-refractivity contribution in [2.45, 2.75) is 25.3 Å². The van der Waals surface area contributed by atoms with E-state index in [4.69, 9.17) is 0 Å². The van der Waals surface area contributed by atoms with E-state index in [1.165, 1.54) is 5.56 Å². The smallest absolute Gasteiger partial charge is 0.234 e. The van der Waals surface area contributed by atoms with Gasteiger partial charge in [0.1, 0.15) is 0 Å². The first-order valence-corrected chi connectivity index (χ1v) is 9.35. The molecular formula is C15H23N3O3S. The summed E-state index contributed by atoms with van der Waals surface area (Å²) in [5.74, 6) is 0.343. The number of hydrogen-bond donors (Lipinski definition) is 1. The topological polar surface area (TPSA) is 79.4 Å². The molecule has 1 fully saturated rings. The van der Waals surface area contributed by atoms with Crippen LogP contribution in [0.2, 0.25) is 0 Å². The van der Waals surface area contributed by atoms with E-state index in [1.807, 2.05) is 24.1 Å². The zero-order chi connectivity index (χ0) is 16.0. The van der Waals surface area contributed by atoms with Crippen LogP contribution < -0.4 is 5.32 Å². The number of rotatable bonds is 7. The first kappa shape index (κ1) is 16.9. The maximum Gasteiger partial charge on any atom is 0.234 e. The maximum atomic E-state index is 11.9. The second kappa shape index (κ2) is 7.69. The fourth-order valence-electron chi connectivity index (χ4n) is 2.60. The third-order valence-corrected chi connectivity index (χ3v) is 5.69. The van der Waals surface area contributed by atoms with Crippen molar-refractivity contribution in [1.29, 1.82) is 0 Å². The average molecular weight is 325 g/mol. The van der Waals surface area contributed by atoms with Crippen LogP contribution in [-0.4, -0.2) is 61.9 Å². The summed E-state index contributed by atoms with van der Waals surface area (Å²) < 4.78 is 22.9. The SMILES string of the molecule is CN(CC(=O)NCCCc1ccncc1)[C@H]1CCS(=O)(=O)C1. The lowest BCUT2D eigenvalue weighted by molar-refractivity contribution is -0.122. The van der Waals surface area contributed by atoms with E-state index in [0.717, 1.165) is 12.8 Å². The third kappa shape index (κ3) is 5.38. The Morgan fingerprint density at radius 2 is 2.14 bits per heavy atom. The first-order chi connectivity index (χ1) is 10.5. The third-order valence-electron chi connectivity index (χ3n) is 3.94. The molecule has 6 nitrogen and oxygen atoms in total. The van der Waals surface area contributed by atoms with Crippen LogP contribution in [0.4, 0.5) is 0 Å². The minimum Gasteiger partial charge on any atom is -0.355 e. The Balaban J connectivity index is 1.63. The second-order valence-corrected chi connectivity index (χ2v) is 8.01. The number of sulfone groups is 1. The van der Waals surface area contributed by atoms with Gasteiger partial charge in [-0.2, -0.15) is 0 Å². The number of hydrogen-bond acceptors (Lipinski definition) is 5. The molecule has 0 unspecified atom stereocenters. The summed E-state index contributed by atoms with van der Waals surface area (Å²) in [7, 11) is -1.10. The van der Waals surface area contributed by atoms with E-state index in [0.29, 0.717) is 13.0 Å². The van der Waals surface area contributed by atoms with E-state index in [9.17, 15) is 13.2 Å². The lowest BCUT2D eigenvalue weighted by atomic mass is 10.1. The quantitative estimate of drug-likeness (QED) is 0.727. The van der Waals surface area contributed by atoms with Gasteiger partial charge in [-0.15, -0.1) is 0 Å². The number of pyridine rings is 1. The van der Waals surface area contributed by atoms with E-state index in [1.54, 1.807) is 12.4 Å². The van der Waals surface area contributed by atoms with Gasteiger partial charge >= 0.3 is 0 Å². The zero-order valence-electron chi connectivity index (χ0n) is 12.9. The van der Waals surface area contributed by atoms with E-state index >= 15 is 0 Å². The fourth-order valence-corrected chi connectivity index (χ4v) is 4.41. The van der Waals surface area contributed by atoms with Gasteiger partial charge in [0.2, 0.25) is 5.91 Å². The van der Waals surface area contributed by atoms with Gasteiger partial charge in [-0.1, -0.05) is 0 Å². The lowest BCUT2D eigenvalue weighted by Gasteiger charge is -2.22. The van der Waals surface area contributed by atoms with Gasteiger partial charge in [-0.25, -0.2) is 8.42 Å². The summed E-state index contributed by atoms with van der Waals surface area (Å²) in [5, 5.41) is 2.88. The van der Waals surface area contributed by atoms with Crippen molar-refractivity contribution in [2.24, 2.45) is 0 Å². The van der Waals surface area contributed by atoms with Crippen molar-refractivity contribution in [1.82, 2.24) is 15.2 Å². The molecule has 0 radical (unpaired) electrons. The normalized spacial score (nSPS) is 20.2. The van der Waals surface area contributed by atoms with Gasteiger partial charge in [0.05, 0.1) is 18.1 Å². The van der Waals surface area contributed by atoms with Crippen molar-refractivity contribution in [3.63, 3.8) is 0 Å². The number of aromatic nitrogens is 1. The Kier molecular flexibility index (Phi) is 5.90. The first-order valence-electron chi connectivity index (χ1n) is 7.52. The van der Waals surface area contributed by atoms with Gasteiger partial charge in [0.15, 0.2) is 9.84 Å². The van der Waals surface area contributed by atoms with Crippen molar-refractivity contribution in [3.05, 3.63) is 30.1 Å². The summed E-state index contributed by atoms with van der Waals surface area (Å²) in [6.07, 6.45) is 5.92. The Hall–Kier alpha value is -1.47. The molecule has 22 heavy (non-hydrogen) atoms. The Bertz CT molecular complexity index is 589. The molecule has 2 heterocycles. The molecule has 1 aromatic heterocycles. The summed E-state index contributed by atoms with van der Waals surface area (Å²) in [6, 6.07) is 3.90. The molecule has 1 atom stereocenters. The fraction of sp³-hybridized carbons (Fsp3) is 0.600. The maximum absolute atomic E-state index is 11.9. The summed E-state index contributed by atoms with van der Waals surface area (Å²) in [5.41, 5.74) is 1.21. The molecule has 1 amide bonds. The molecule has 1 aliphatic heterocycles. The molecule has 1 saturated heterocycles. The molecule has 0 aliphatic carbocycles. The van der Waals surface area contributed by atoms with Crippen LogP contribution in [0.5, 0.6) is 0 Å². The number of nitrogens with one attached hydrogen (secondary N) is 1. The predicted octanol–water partition coefficient (Wildman–Crippen LogP) is 0.249. The zero-order valence-corrected chi connectivity index (χ0v) is 13.7. The van der Waals surface area contributed by atoms with Gasteiger partial charge in [0, 0.05) is 25.0 Å². The highest BCUT2D eigenvalue weighted by Crippen LogP contribution is 2.15. The molecule has 0 saturated carbocycles. The number of amides is 1. The number of likely N-dealkylation sites (N-methyl/N-ethyl adjacent to an activating group) is 1. The van der Waals surface area contributed by atoms with E-state index in [-0.39, 0.29) is 30.0 Å². The van der Waals surface area contributed by atoms with E-state index < -0.39 is 9.84 Å². The molecule has 7 heteroatoms. The van der Waals surface area contributed by atoms with Crippen LogP contribution in [0.1, 0.15) is 18.4 Å². The molecule has 0 aromatic carbocycles. The molecule has 2 rings (SSSR count). The highest BCUT2D eigenvalue weighted by Gasteiger charge is 2.31. The summed E-state index contributed by atoms with van der Waals surface area (Å²) in [4.78, 5) is 17.7. The predicted molar refractivity (Wildman–Crippen MR) is 85.3 cm³/mol. The van der Waals surface area contributed by atoms with Crippen LogP contribution in [0, 0.1) is 0 Å². The van der Waals surface area contributed by atoms with Crippen molar-refractivity contribution < 1.29 is 13.2 Å². The van der Waals surface area contributed by atoms with Gasteiger partial charge in [0.25, 0.3) is 0 Å². The lowest BCUT2D eigenvalue weighted by Crippen LogP contribution is -2.41. The Morgan fingerprint density at radius 1 is 1.41 bits per heavy atom. The Labute approximate surface area is 131 Å². The van der Waals surface area contributed by atoms with Gasteiger partial charge < -0.3 is 5.32 Å². The van der Waals surface area contributed by atoms with Crippen LogP contribution in [0.25, 0.3) is 0 Å². The minimum atomic E-state index is -2.91. The number of nitrogens with zero attached hydrogens (tertiary/aromatic N) is 2. The molecular weight excluding hydrogens is 302 g/mol. The molecule has 1 N–H and O–H groups in total. The molecule has 122 valence electrons. The molecule has 1 aromatic rings. The van der Waals surface area contributed by atoms with Crippen LogP contribution in [0.15, 0.2) is 24.5 Å². The molecule has 0 spiro atoms. The highest BCUT2D eigenvalue weighted by molar-refractivity contribution is 7.91. The largest absolute Gasteiger partial charge is 0.355 e. The van der Waals surface area contributed by atoms with Gasteiger partial charge in [-0.05, 0) is 44.0 Å². The number of carbonyl (C=O) groups is 1. The number of carbonyl (C=O) groups excluding carboxylic acids is 1. The van der Waals surface area contributed by atoms with Crippen LogP contribution in [-0.2, 0) is 21.1 Å². The number of aryl methyl sites for hydroxylation is 1. The van der Waals surface area contributed by atoms with Crippen molar-refractivity contribution in [3.8, 4) is 0 Å². The summed E-state index contributed by atoms with van der Waals surface area (Å²) in [6.45, 7) is 0.868. The van der Waals surface area contributed by atoms with Crippen LogP contribution in [0.3, 0.4) is 0 Å². The standard InChI is InChI=1S/C15H23N3O3S/c1-18(14-6-10-22(20,21)12-14)11-15(19)17-7-2-3-13-4-8-16-9-5-13/h4-5,8-9,14H,2-3,6-7,10-12H2,1H3,(H,17,19)/t14-/m0/s1. The van der Waals surface area contributed by atoms with E-state index in [2.05, 4.69) is 10.3 Å². The highest BCUT2D eigenvalue weighted by atomic mass is 32.2. The molecule has 0 bridgehead atoms. The minimum absolute atomic E-state index is 0.0347. The van der Waals surface area contributed by atoms with Crippen molar-refractivity contribution >= 4 is 15.7 Å².